The second-order valence-corrected chi connectivity index (χ2v) is 6.52. The number of carbonyl (C=O) groups is 1. The average Bonchev–Trinajstić information content (AvgIpc) is 3.27. The molecule has 2 N–H and O–H groups in total. The van der Waals surface area contributed by atoms with Crippen molar-refractivity contribution in [2.45, 2.75) is 25.9 Å². The molecule has 0 bridgehead atoms. The van der Waals surface area contributed by atoms with E-state index >= 15 is 0 Å². The molecule has 0 saturated carbocycles. The third-order valence-corrected chi connectivity index (χ3v) is 4.77. The van der Waals surface area contributed by atoms with E-state index in [4.69, 9.17) is 0 Å². The van der Waals surface area contributed by atoms with Gasteiger partial charge in [0.1, 0.15) is 0 Å². The van der Waals surface area contributed by atoms with Crippen molar-refractivity contribution in [3.63, 3.8) is 0 Å². The Kier molecular flexibility index (Phi) is 4.48. The number of aromatic nitrogens is 2. The number of benzene rings is 1. The van der Waals surface area contributed by atoms with Gasteiger partial charge in [0.15, 0.2) is 11.7 Å². The molecule has 0 aliphatic carbocycles. The summed E-state index contributed by atoms with van der Waals surface area (Å²) in [5.74, 6) is 0.911. The van der Waals surface area contributed by atoms with Crippen molar-refractivity contribution in [2.75, 3.05) is 7.05 Å². The Hall–Kier alpha value is -3.43. The Morgan fingerprint density at radius 2 is 2.07 bits per heavy atom. The van der Waals surface area contributed by atoms with Crippen molar-refractivity contribution < 1.29 is 18.0 Å². The number of rotatable bonds is 2. The van der Waals surface area contributed by atoms with Crippen LogP contribution in [0.4, 0.5) is 18.0 Å². The first kappa shape index (κ1) is 18.9. The molecule has 3 heterocycles. The van der Waals surface area contributed by atoms with Crippen LogP contribution in [0, 0.1) is 0 Å². The molecular weight excluding hydrogens is 385 g/mol. The minimum absolute atomic E-state index is 0.297. The van der Waals surface area contributed by atoms with Gasteiger partial charge in [0.25, 0.3) is 0 Å². The van der Waals surface area contributed by atoms with E-state index in [1.54, 1.807) is 19.3 Å². The maximum absolute atomic E-state index is 12.9. The first-order valence-corrected chi connectivity index (χ1v) is 8.89. The summed E-state index contributed by atoms with van der Waals surface area (Å²) in [5, 5.41) is 2.70. The highest BCUT2D eigenvalue weighted by atomic mass is 19.4. The Labute approximate surface area is 163 Å². The van der Waals surface area contributed by atoms with Gasteiger partial charge < -0.3 is 4.98 Å². The molecule has 0 radical (unpaired) electrons. The van der Waals surface area contributed by atoms with Crippen molar-refractivity contribution >= 4 is 28.6 Å². The third kappa shape index (κ3) is 3.30. The van der Waals surface area contributed by atoms with Gasteiger partial charge >= 0.3 is 12.2 Å². The lowest BCUT2D eigenvalue weighted by Gasteiger charge is -2.21. The van der Waals surface area contributed by atoms with Gasteiger partial charge in [-0.15, -0.1) is 0 Å². The van der Waals surface area contributed by atoms with Crippen LogP contribution in [0.3, 0.4) is 0 Å². The van der Waals surface area contributed by atoms with Crippen LogP contribution in [0.15, 0.2) is 51.9 Å². The number of nitrogens with zero attached hydrogens (tertiary/aromatic N) is 4. The number of H-pyrrole nitrogens is 1. The van der Waals surface area contributed by atoms with E-state index in [9.17, 15) is 18.0 Å². The quantitative estimate of drug-likeness (QED) is 0.797. The Morgan fingerprint density at radius 1 is 1.28 bits per heavy atom. The standard InChI is InChI=1S/C19H17F3N6O/c1-3-15-17(23-2)27-18(29)28(15)11-5-7-13(24-9-11)16-25-12-6-4-10(19(20,21)22)8-14(12)26-16/h3-4,6,8-9H,5,7H2,1-2H3,(H,25,26)(H,23,27,29)/b15-3+. The van der Waals surface area contributed by atoms with Gasteiger partial charge in [-0.25, -0.2) is 9.78 Å². The number of hydrogen-bond acceptors (Lipinski definition) is 4. The molecule has 0 unspecified atom stereocenters. The third-order valence-electron chi connectivity index (χ3n) is 4.77. The van der Waals surface area contributed by atoms with Crippen LogP contribution >= 0.6 is 0 Å². The fourth-order valence-corrected chi connectivity index (χ4v) is 3.36. The van der Waals surface area contributed by atoms with Crippen LogP contribution in [-0.2, 0) is 6.18 Å². The van der Waals surface area contributed by atoms with Crippen LogP contribution in [0.25, 0.3) is 11.0 Å². The van der Waals surface area contributed by atoms with Gasteiger partial charge in [-0.2, -0.15) is 13.2 Å². The fourth-order valence-electron chi connectivity index (χ4n) is 3.36. The Bertz CT molecular complexity index is 1120. The lowest BCUT2D eigenvalue weighted by molar-refractivity contribution is -0.137. The number of urea groups is 1. The molecule has 10 heteroatoms. The van der Waals surface area contributed by atoms with E-state index < -0.39 is 11.7 Å². The number of aliphatic imine (C=N–C) groups is 2. The monoisotopic (exact) mass is 402 g/mol. The van der Waals surface area contributed by atoms with Crippen LogP contribution < -0.4 is 5.32 Å². The zero-order valence-corrected chi connectivity index (χ0v) is 15.6. The van der Waals surface area contributed by atoms with Gasteiger partial charge in [0.05, 0.1) is 28.0 Å². The molecule has 4 rings (SSSR count). The number of halogens is 3. The molecule has 2 aliphatic heterocycles. The molecule has 7 nitrogen and oxygen atoms in total. The number of fused-ring (bicyclic) bond motifs is 1. The molecule has 150 valence electrons. The van der Waals surface area contributed by atoms with Gasteiger partial charge in [0.2, 0.25) is 0 Å². The second kappa shape index (κ2) is 6.87. The first-order chi connectivity index (χ1) is 13.8. The van der Waals surface area contributed by atoms with Crippen LogP contribution in [0.2, 0.25) is 0 Å². The molecule has 1 aromatic carbocycles. The summed E-state index contributed by atoms with van der Waals surface area (Å²) in [6.45, 7) is 1.81. The number of hydrogen-bond donors (Lipinski definition) is 2. The van der Waals surface area contributed by atoms with Crippen LogP contribution in [0.1, 0.15) is 31.2 Å². The fraction of sp³-hybridized carbons (Fsp3) is 0.263. The minimum atomic E-state index is -4.42. The highest BCUT2D eigenvalue weighted by Gasteiger charge is 2.34. The van der Waals surface area contributed by atoms with E-state index in [1.807, 2.05) is 6.92 Å². The number of nitrogens with one attached hydrogen (secondary N) is 2. The van der Waals surface area contributed by atoms with Crippen molar-refractivity contribution in [1.82, 2.24) is 20.2 Å². The highest BCUT2D eigenvalue weighted by Crippen LogP contribution is 2.31. The van der Waals surface area contributed by atoms with Crippen molar-refractivity contribution in [2.24, 2.45) is 9.98 Å². The predicted octanol–water partition coefficient (Wildman–Crippen LogP) is 3.96. The predicted molar refractivity (Wildman–Crippen MR) is 102 cm³/mol. The number of imidazole rings is 1. The molecule has 2 aliphatic rings. The summed E-state index contributed by atoms with van der Waals surface area (Å²) < 4.78 is 38.7. The van der Waals surface area contributed by atoms with E-state index in [0.29, 0.717) is 52.6 Å². The zero-order valence-electron chi connectivity index (χ0n) is 15.6. The Balaban J connectivity index is 1.64. The molecule has 2 aromatic rings. The SMILES string of the molecule is C/C=C1\C(=NC)NC(=O)N1C1=CN=C(c2nc3ccc(C(F)(F)F)cc3[nH]2)CC1. The van der Waals surface area contributed by atoms with E-state index in [2.05, 4.69) is 25.3 Å². The van der Waals surface area contributed by atoms with E-state index in [0.717, 1.165) is 12.1 Å². The maximum atomic E-state index is 12.9. The van der Waals surface area contributed by atoms with E-state index in [-0.39, 0.29) is 6.03 Å². The van der Waals surface area contributed by atoms with Crippen molar-refractivity contribution in [3.05, 3.63) is 53.3 Å². The van der Waals surface area contributed by atoms with E-state index in [1.165, 1.54) is 11.0 Å². The molecule has 0 atom stereocenters. The van der Waals surface area contributed by atoms with Gasteiger partial charge in [-0.3, -0.25) is 20.2 Å². The van der Waals surface area contributed by atoms with Crippen molar-refractivity contribution in [1.29, 1.82) is 0 Å². The molecule has 2 amide bonds. The number of aromatic amines is 1. The van der Waals surface area contributed by atoms with Gasteiger partial charge in [-0.1, -0.05) is 6.08 Å². The molecule has 1 aromatic heterocycles. The topological polar surface area (TPSA) is 85.7 Å². The molecule has 29 heavy (non-hydrogen) atoms. The number of allylic oxidation sites excluding steroid dienone is 2. The normalized spacial score (nSPS) is 20.4. The maximum Gasteiger partial charge on any atom is 0.416 e. The van der Waals surface area contributed by atoms with Crippen molar-refractivity contribution in [3.8, 4) is 0 Å². The lowest BCUT2D eigenvalue weighted by atomic mass is 10.1. The van der Waals surface area contributed by atoms with Gasteiger partial charge in [-0.05, 0) is 38.0 Å². The summed E-state index contributed by atoms with van der Waals surface area (Å²) in [4.78, 5) is 29.5. The number of amidine groups is 1. The summed E-state index contributed by atoms with van der Waals surface area (Å²) in [7, 11) is 1.60. The molecular formula is C19H17F3N6O. The van der Waals surface area contributed by atoms with Crippen LogP contribution in [0.5, 0.6) is 0 Å². The number of alkyl halides is 3. The number of carbonyl (C=O) groups excluding carboxylic acids is 1. The summed E-state index contributed by atoms with van der Waals surface area (Å²) in [5.41, 5.74) is 1.97. The molecule has 0 spiro atoms. The average molecular weight is 402 g/mol. The largest absolute Gasteiger partial charge is 0.416 e. The summed E-state index contributed by atoms with van der Waals surface area (Å²) >= 11 is 0. The van der Waals surface area contributed by atoms with Crippen LogP contribution in [-0.4, -0.2) is 39.5 Å². The first-order valence-electron chi connectivity index (χ1n) is 8.89. The number of amides is 2. The Morgan fingerprint density at radius 3 is 2.69 bits per heavy atom. The second-order valence-electron chi connectivity index (χ2n) is 6.52. The zero-order chi connectivity index (χ0) is 20.8. The lowest BCUT2D eigenvalue weighted by Crippen LogP contribution is -2.28. The minimum Gasteiger partial charge on any atom is -0.337 e. The molecule has 1 saturated heterocycles. The summed E-state index contributed by atoms with van der Waals surface area (Å²) in [6.07, 6.45) is -0.0455. The van der Waals surface area contributed by atoms with Gasteiger partial charge in [0, 0.05) is 18.9 Å². The summed E-state index contributed by atoms with van der Waals surface area (Å²) in [6, 6.07) is 3.08. The highest BCUT2D eigenvalue weighted by molar-refractivity contribution is 6.15. The molecule has 1 fully saturated rings. The smallest absolute Gasteiger partial charge is 0.337 e.